The average molecular weight is 177 g/mol. The van der Waals surface area contributed by atoms with E-state index in [0.29, 0.717) is 11.6 Å². The first-order valence-corrected chi connectivity index (χ1v) is 4.40. The maximum atomic E-state index is 7.23. The number of nitrogen functional groups attached to an aromatic ring is 1. The molecule has 13 heavy (non-hydrogen) atoms. The van der Waals surface area contributed by atoms with Crippen LogP contribution in [-0.2, 0) is 6.42 Å². The van der Waals surface area contributed by atoms with Crippen molar-refractivity contribution in [2.24, 2.45) is 11.7 Å². The Morgan fingerprint density at radius 3 is 2.77 bits per heavy atom. The van der Waals surface area contributed by atoms with Crippen LogP contribution in [0.4, 0.5) is 0 Å². The van der Waals surface area contributed by atoms with E-state index in [1.165, 1.54) is 0 Å². The van der Waals surface area contributed by atoms with E-state index >= 15 is 0 Å². The fourth-order valence-corrected chi connectivity index (χ4v) is 1.16. The van der Waals surface area contributed by atoms with Gasteiger partial charge in [-0.2, -0.15) is 0 Å². The monoisotopic (exact) mass is 177 g/mol. The largest absolute Gasteiger partial charge is 0.382 e. The summed E-state index contributed by atoms with van der Waals surface area (Å²) in [7, 11) is 0. The third-order valence-electron chi connectivity index (χ3n) is 1.70. The van der Waals surface area contributed by atoms with Crippen molar-refractivity contribution >= 4 is 5.84 Å². The molecule has 0 atom stereocenters. The molecule has 1 aromatic heterocycles. The van der Waals surface area contributed by atoms with Gasteiger partial charge in [0, 0.05) is 5.69 Å². The van der Waals surface area contributed by atoms with Crippen LogP contribution >= 0.6 is 0 Å². The van der Waals surface area contributed by atoms with Crippen molar-refractivity contribution in [3.05, 3.63) is 29.6 Å². The minimum atomic E-state index is 0.0330. The Hall–Kier alpha value is -1.38. The normalized spacial score (nSPS) is 10.4. The Kier molecular flexibility index (Phi) is 3.01. The Bertz CT molecular complexity index is 305. The van der Waals surface area contributed by atoms with E-state index in [9.17, 15) is 0 Å². The van der Waals surface area contributed by atoms with Crippen LogP contribution in [0.15, 0.2) is 18.2 Å². The number of pyridine rings is 1. The first-order chi connectivity index (χ1) is 6.09. The lowest BCUT2D eigenvalue weighted by Gasteiger charge is -2.05. The number of nitrogens with one attached hydrogen (secondary N) is 1. The molecule has 0 fully saturated rings. The van der Waals surface area contributed by atoms with Crippen LogP contribution in [0.1, 0.15) is 25.2 Å². The summed E-state index contributed by atoms with van der Waals surface area (Å²) >= 11 is 0. The molecular weight excluding hydrogens is 162 g/mol. The number of amidine groups is 1. The standard InChI is InChI=1S/C10H15N3/c1-7(2)6-8-4-3-5-9(13-8)10(11)12/h3-5,7H,6H2,1-2H3,(H3,11,12). The van der Waals surface area contributed by atoms with Gasteiger partial charge in [0.2, 0.25) is 0 Å². The van der Waals surface area contributed by atoms with Crippen molar-refractivity contribution in [1.82, 2.24) is 4.98 Å². The second-order valence-corrected chi connectivity index (χ2v) is 3.53. The first kappa shape index (κ1) is 9.71. The van der Waals surface area contributed by atoms with Gasteiger partial charge >= 0.3 is 0 Å². The van der Waals surface area contributed by atoms with Gasteiger partial charge in [-0.25, -0.2) is 4.98 Å². The predicted molar refractivity (Wildman–Crippen MR) is 53.8 cm³/mol. The van der Waals surface area contributed by atoms with E-state index in [2.05, 4.69) is 18.8 Å². The summed E-state index contributed by atoms with van der Waals surface area (Å²) in [6, 6.07) is 5.61. The third kappa shape index (κ3) is 2.86. The van der Waals surface area contributed by atoms with Gasteiger partial charge in [-0.3, -0.25) is 5.41 Å². The van der Waals surface area contributed by atoms with Crippen LogP contribution in [0.5, 0.6) is 0 Å². The molecule has 0 spiro atoms. The maximum Gasteiger partial charge on any atom is 0.141 e. The highest BCUT2D eigenvalue weighted by molar-refractivity contribution is 5.92. The van der Waals surface area contributed by atoms with Gasteiger partial charge in [0.05, 0.1) is 0 Å². The Morgan fingerprint density at radius 2 is 2.23 bits per heavy atom. The zero-order chi connectivity index (χ0) is 9.84. The molecule has 0 aliphatic heterocycles. The van der Waals surface area contributed by atoms with Crippen LogP contribution in [-0.4, -0.2) is 10.8 Å². The third-order valence-corrected chi connectivity index (χ3v) is 1.70. The fraction of sp³-hybridized carbons (Fsp3) is 0.400. The number of nitrogens with two attached hydrogens (primary N) is 1. The van der Waals surface area contributed by atoms with Crippen molar-refractivity contribution in [2.45, 2.75) is 20.3 Å². The van der Waals surface area contributed by atoms with Gasteiger partial charge in [0.1, 0.15) is 11.5 Å². The van der Waals surface area contributed by atoms with Gasteiger partial charge < -0.3 is 5.73 Å². The van der Waals surface area contributed by atoms with E-state index in [4.69, 9.17) is 11.1 Å². The number of rotatable bonds is 3. The topological polar surface area (TPSA) is 62.8 Å². The lowest BCUT2D eigenvalue weighted by atomic mass is 10.1. The number of hydrogen-bond donors (Lipinski definition) is 2. The van der Waals surface area contributed by atoms with Gasteiger partial charge in [-0.1, -0.05) is 19.9 Å². The smallest absolute Gasteiger partial charge is 0.141 e. The molecule has 1 aromatic rings. The van der Waals surface area contributed by atoms with E-state index < -0.39 is 0 Å². The van der Waals surface area contributed by atoms with Gasteiger partial charge in [0.25, 0.3) is 0 Å². The fourth-order valence-electron chi connectivity index (χ4n) is 1.16. The van der Waals surface area contributed by atoms with Gasteiger partial charge in [0.15, 0.2) is 0 Å². The Morgan fingerprint density at radius 1 is 1.54 bits per heavy atom. The van der Waals surface area contributed by atoms with Crippen molar-refractivity contribution in [3.8, 4) is 0 Å². The Balaban J connectivity index is 2.85. The summed E-state index contributed by atoms with van der Waals surface area (Å²) in [6.07, 6.45) is 0.932. The summed E-state index contributed by atoms with van der Waals surface area (Å²) < 4.78 is 0. The number of hydrogen-bond acceptors (Lipinski definition) is 2. The second kappa shape index (κ2) is 4.03. The van der Waals surface area contributed by atoms with Gasteiger partial charge in [-0.05, 0) is 24.5 Å². The summed E-state index contributed by atoms with van der Waals surface area (Å²) in [5.41, 5.74) is 6.90. The quantitative estimate of drug-likeness (QED) is 0.543. The number of nitrogens with zero attached hydrogens (tertiary/aromatic N) is 1. The molecular formula is C10H15N3. The zero-order valence-corrected chi connectivity index (χ0v) is 8.04. The van der Waals surface area contributed by atoms with E-state index in [1.54, 1.807) is 6.07 Å². The van der Waals surface area contributed by atoms with Crippen LogP contribution < -0.4 is 5.73 Å². The van der Waals surface area contributed by atoms with Crippen molar-refractivity contribution in [1.29, 1.82) is 5.41 Å². The molecule has 70 valence electrons. The molecule has 3 heteroatoms. The minimum absolute atomic E-state index is 0.0330. The number of aromatic nitrogens is 1. The Labute approximate surface area is 78.5 Å². The molecule has 0 aliphatic carbocycles. The molecule has 3 nitrogen and oxygen atoms in total. The minimum Gasteiger partial charge on any atom is -0.382 e. The molecule has 1 rings (SSSR count). The molecule has 0 bridgehead atoms. The van der Waals surface area contributed by atoms with Crippen LogP contribution in [0, 0.1) is 11.3 Å². The molecule has 0 aromatic carbocycles. The summed E-state index contributed by atoms with van der Waals surface area (Å²) in [5.74, 6) is 0.611. The predicted octanol–water partition coefficient (Wildman–Crippen LogP) is 1.56. The van der Waals surface area contributed by atoms with Crippen LogP contribution in [0.2, 0.25) is 0 Å². The molecule has 0 saturated carbocycles. The van der Waals surface area contributed by atoms with Crippen molar-refractivity contribution in [2.75, 3.05) is 0 Å². The van der Waals surface area contributed by atoms with Crippen molar-refractivity contribution < 1.29 is 0 Å². The highest BCUT2D eigenvalue weighted by Gasteiger charge is 2.01. The second-order valence-electron chi connectivity index (χ2n) is 3.53. The zero-order valence-electron chi connectivity index (χ0n) is 8.04. The molecule has 0 radical (unpaired) electrons. The van der Waals surface area contributed by atoms with E-state index in [0.717, 1.165) is 12.1 Å². The molecule has 0 saturated heterocycles. The lowest BCUT2D eigenvalue weighted by molar-refractivity contribution is 0.635. The van der Waals surface area contributed by atoms with Gasteiger partial charge in [-0.15, -0.1) is 0 Å². The first-order valence-electron chi connectivity index (χ1n) is 4.40. The van der Waals surface area contributed by atoms with E-state index in [1.807, 2.05) is 12.1 Å². The SMILES string of the molecule is CC(C)Cc1cccc(C(=N)N)n1. The summed E-state index contributed by atoms with van der Waals surface area (Å²) in [4.78, 5) is 4.26. The average Bonchev–Trinajstić information content (AvgIpc) is 2.03. The molecule has 0 aliphatic rings. The molecule has 3 N–H and O–H groups in total. The summed E-state index contributed by atoms with van der Waals surface area (Å²) in [6.45, 7) is 4.28. The van der Waals surface area contributed by atoms with E-state index in [-0.39, 0.29) is 5.84 Å². The lowest BCUT2D eigenvalue weighted by Crippen LogP contribution is -2.14. The molecule has 0 unspecified atom stereocenters. The summed E-state index contributed by atoms with van der Waals surface area (Å²) in [5, 5.41) is 7.23. The van der Waals surface area contributed by atoms with Crippen LogP contribution in [0.3, 0.4) is 0 Å². The molecule has 0 amide bonds. The van der Waals surface area contributed by atoms with Crippen LogP contribution in [0.25, 0.3) is 0 Å². The maximum absolute atomic E-state index is 7.23. The highest BCUT2D eigenvalue weighted by Crippen LogP contribution is 2.05. The highest BCUT2D eigenvalue weighted by atomic mass is 14.8. The molecule has 1 heterocycles. The van der Waals surface area contributed by atoms with Crippen molar-refractivity contribution in [3.63, 3.8) is 0 Å².